The van der Waals surface area contributed by atoms with Crippen molar-refractivity contribution in [1.82, 2.24) is 5.32 Å². The molecule has 0 aliphatic heterocycles. The Balaban J connectivity index is 2.30. The predicted octanol–water partition coefficient (Wildman–Crippen LogP) is 3.70. The van der Waals surface area contributed by atoms with Crippen LogP contribution in [0, 0.1) is 0 Å². The first-order valence-corrected chi connectivity index (χ1v) is 6.92. The van der Waals surface area contributed by atoms with Crippen molar-refractivity contribution in [3.63, 3.8) is 0 Å². The Morgan fingerprint density at radius 1 is 1.10 bits per heavy atom. The molecule has 1 aromatic carbocycles. The van der Waals surface area contributed by atoms with Crippen molar-refractivity contribution < 1.29 is 22.6 Å². The molecule has 1 atom stereocenters. The summed E-state index contributed by atoms with van der Waals surface area (Å²) in [6.07, 6.45) is -4.14. The minimum absolute atomic E-state index is 0.0262. The Labute approximate surface area is 123 Å². The summed E-state index contributed by atoms with van der Waals surface area (Å²) in [5.74, 6) is 0.800. The topological polar surface area (TPSA) is 30.5 Å². The lowest BCUT2D eigenvalue weighted by molar-refractivity contribution is -0.173. The summed E-state index contributed by atoms with van der Waals surface area (Å²) in [6.45, 7) is 5.05. The van der Waals surface area contributed by atoms with Crippen LogP contribution in [0.3, 0.4) is 0 Å². The molecule has 0 aliphatic carbocycles. The molecular formula is C15H22F3NO2. The standard InChI is InChI=1S/C15H22F3NO2/c1-11(2)21-14-6-4-13(5-7-14)12(3)19-8-9-20-10-15(16,17)18/h4-7,11-12,19H,8-10H2,1-3H3. The molecule has 0 aromatic heterocycles. The Morgan fingerprint density at radius 3 is 2.24 bits per heavy atom. The summed E-state index contributed by atoms with van der Waals surface area (Å²) in [5.41, 5.74) is 1.04. The Kier molecular flexibility index (Phi) is 6.98. The van der Waals surface area contributed by atoms with Gasteiger partial charge in [-0.2, -0.15) is 13.2 Å². The van der Waals surface area contributed by atoms with Crippen LogP contribution in [0.2, 0.25) is 0 Å². The van der Waals surface area contributed by atoms with Gasteiger partial charge in [-0.05, 0) is 38.5 Å². The molecule has 1 unspecified atom stereocenters. The third kappa shape index (κ3) is 7.92. The van der Waals surface area contributed by atoms with E-state index in [1.165, 1.54) is 0 Å². The fourth-order valence-corrected chi connectivity index (χ4v) is 1.76. The lowest BCUT2D eigenvalue weighted by atomic mass is 10.1. The first-order valence-electron chi connectivity index (χ1n) is 6.92. The van der Waals surface area contributed by atoms with E-state index >= 15 is 0 Å². The second-order valence-corrected chi connectivity index (χ2v) is 5.08. The lowest BCUT2D eigenvalue weighted by Gasteiger charge is -2.16. The number of benzene rings is 1. The highest BCUT2D eigenvalue weighted by Crippen LogP contribution is 2.18. The van der Waals surface area contributed by atoms with Gasteiger partial charge in [-0.1, -0.05) is 12.1 Å². The van der Waals surface area contributed by atoms with Crippen LogP contribution < -0.4 is 10.1 Å². The first-order chi connectivity index (χ1) is 9.78. The summed E-state index contributed by atoms with van der Waals surface area (Å²) in [6, 6.07) is 7.67. The zero-order chi connectivity index (χ0) is 15.9. The minimum Gasteiger partial charge on any atom is -0.491 e. The summed E-state index contributed by atoms with van der Waals surface area (Å²) in [5, 5.41) is 3.11. The fourth-order valence-electron chi connectivity index (χ4n) is 1.76. The van der Waals surface area contributed by atoms with Crippen LogP contribution in [-0.4, -0.2) is 32.0 Å². The molecule has 0 saturated heterocycles. The molecule has 21 heavy (non-hydrogen) atoms. The van der Waals surface area contributed by atoms with Gasteiger partial charge in [-0.25, -0.2) is 0 Å². The molecule has 0 amide bonds. The van der Waals surface area contributed by atoms with Crippen LogP contribution >= 0.6 is 0 Å². The van der Waals surface area contributed by atoms with Crippen LogP contribution in [-0.2, 0) is 4.74 Å². The molecule has 1 rings (SSSR count). The molecule has 0 fully saturated rings. The number of nitrogens with one attached hydrogen (secondary N) is 1. The molecule has 3 nitrogen and oxygen atoms in total. The summed E-state index contributed by atoms with van der Waals surface area (Å²) < 4.78 is 45.7. The molecular weight excluding hydrogens is 283 g/mol. The Hall–Kier alpha value is -1.27. The minimum atomic E-state index is -4.27. The zero-order valence-electron chi connectivity index (χ0n) is 12.5. The third-order valence-corrected chi connectivity index (χ3v) is 2.71. The number of hydrogen-bond donors (Lipinski definition) is 1. The number of halogens is 3. The maximum atomic E-state index is 11.9. The molecule has 1 aromatic rings. The van der Waals surface area contributed by atoms with Crippen LogP contribution in [0.1, 0.15) is 32.4 Å². The van der Waals surface area contributed by atoms with Crippen molar-refractivity contribution in [1.29, 1.82) is 0 Å². The smallest absolute Gasteiger partial charge is 0.411 e. The van der Waals surface area contributed by atoms with Gasteiger partial charge in [0.05, 0.1) is 12.7 Å². The van der Waals surface area contributed by atoms with Gasteiger partial charge in [0.25, 0.3) is 0 Å². The van der Waals surface area contributed by atoms with E-state index < -0.39 is 12.8 Å². The van der Waals surface area contributed by atoms with Crippen molar-refractivity contribution >= 4 is 0 Å². The SMILES string of the molecule is CC(C)Oc1ccc(C(C)NCCOCC(F)(F)F)cc1. The van der Waals surface area contributed by atoms with E-state index in [1.54, 1.807) is 0 Å². The molecule has 0 heterocycles. The van der Waals surface area contributed by atoms with Gasteiger partial charge < -0.3 is 14.8 Å². The van der Waals surface area contributed by atoms with Crippen LogP contribution in [0.25, 0.3) is 0 Å². The molecule has 0 saturated carbocycles. The first kappa shape index (κ1) is 17.8. The van der Waals surface area contributed by atoms with Gasteiger partial charge in [-0.3, -0.25) is 0 Å². The van der Waals surface area contributed by atoms with Gasteiger partial charge in [0.15, 0.2) is 0 Å². The lowest BCUT2D eigenvalue weighted by Crippen LogP contribution is -2.26. The summed E-state index contributed by atoms with van der Waals surface area (Å²) >= 11 is 0. The second-order valence-electron chi connectivity index (χ2n) is 5.08. The van der Waals surface area contributed by atoms with Crippen LogP contribution in [0.4, 0.5) is 13.2 Å². The highest BCUT2D eigenvalue weighted by Gasteiger charge is 2.27. The van der Waals surface area contributed by atoms with E-state index in [1.807, 2.05) is 45.0 Å². The maximum absolute atomic E-state index is 11.9. The van der Waals surface area contributed by atoms with Crippen LogP contribution in [0.15, 0.2) is 24.3 Å². The summed E-state index contributed by atoms with van der Waals surface area (Å²) in [7, 11) is 0. The molecule has 6 heteroatoms. The molecule has 0 radical (unpaired) electrons. The number of hydrogen-bond acceptors (Lipinski definition) is 3. The van der Waals surface area contributed by atoms with E-state index in [0.29, 0.717) is 6.54 Å². The number of alkyl halides is 3. The second kappa shape index (κ2) is 8.24. The van der Waals surface area contributed by atoms with E-state index in [4.69, 9.17) is 4.74 Å². The molecule has 0 spiro atoms. The van der Waals surface area contributed by atoms with Crippen molar-refractivity contribution in [2.24, 2.45) is 0 Å². The van der Waals surface area contributed by atoms with Crippen LogP contribution in [0.5, 0.6) is 5.75 Å². The van der Waals surface area contributed by atoms with Crippen molar-refractivity contribution in [3.05, 3.63) is 29.8 Å². The predicted molar refractivity (Wildman–Crippen MR) is 75.5 cm³/mol. The van der Waals surface area contributed by atoms with Crippen molar-refractivity contribution in [3.8, 4) is 5.75 Å². The van der Waals surface area contributed by atoms with Gasteiger partial charge in [0.2, 0.25) is 0 Å². The zero-order valence-corrected chi connectivity index (χ0v) is 12.5. The highest BCUT2D eigenvalue weighted by atomic mass is 19.4. The maximum Gasteiger partial charge on any atom is 0.411 e. The normalized spacial score (nSPS) is 13.5. The number of rotatable bonds is 8. The molecule has 0 bridgehead atoms. The van der Waals surface area contributed by atoms with E-state index in [0.717, 1.165) is 11.3 Å². The van der Waals surface area contributed by atoms with Gasteiger partial charge in [-0.15, -0.1) is 0 Å². The third-order valence-electron chi connectivity index (χ3n) is 2.71. The molecule has 1 N–H and O–H groups in total. The van der Waals surface area contributed by atoms with Crippen molar-refractivity contribution in [2.45, 2.75) is 39.1 Å². The summed E-state index contributed by atoms with van der Waals surface area (Å²) in [4.78, 5) is 0. The quantitative estimate of drug-likeness (QED) is 0.743. The van der Waals surface area contributed by atoms with Gasteiger partial charge in [0, 0.05) is 12.6 Å². The highest BCUT2D eigenvalue weighted by molar-refractivity contribution is 5.29. The Morgan fingerprint density at radius 2 is 1.71 bits per heavy atom. The largest absolute Gasteiger partial charge is 0.491 e. The van der Waals surface area contributed by atoms with E-state index in [2.05, 4.69) is 10.1 Å². The fraction of sp³-hybridized carbons (Fsp3) is 0.600. The average molecular weight is 305 g/mol. The monoisotopic (exact) mass is 305 g/mol. The van der Waals surface area contributed by atoms with E-state index in [-0.39, 0.29) is 18.8 Å². The molecule has 0 aliphatic rings. The van der Waals surface area contributed by atoms with Gasteiger partial charge in [0.1, 0.15) is 12.4 Å². The molecule has 120 valence electrons. The Bertz CT molecular complexity index is 404. The van der Waals surface area contributed by atoms with Gasteiger partial charge >= 0.3 is 6.18 Å². The van der Waals surface area contributed by atoms with Crippen molar-refractivity contribution in [2.75, 3.05) is 19.8 Å². The van der Waals surface area contributed by atoms with E-state index in [9.17, 15) is 13.2 Å². The average Bonchev–Trinajstić information content (AvgIpc) is 2.37. The number of ether oxygens (including phenoxy) is 2.